The van der Waals surface area contributed by atoms with E-state index in [1.807, 2.05) is 89.6 Å². The van der Waals surface area contributed by atoms with Gasteiger partial charge in [0.1, 0.15) is 17.5 Å². The molecular formula is C29H19N4+. The highest BCUT2D eigenvalue weighted by molar-refractivity contribution is 5.87. The van der Waals surface area contributed by atoms with E-state index in [4.69, 9.17) is 5.10 Å². The van der Waals surface area contributed by atoms with Crippen LogP contribution in [-0.2, 0) is 0 Å². The van der Waals surface area contributed by atoms with Gasteiger partial charge in [0.2, 0.25) is 5.69 Å². The predicted octanol–water partition coefficient (Wildman–Crippen LogP) is 5.86. The van der Waals surface area contributed by atoms with Crippen molar-refractivity contribution >= 4 is 0 Å². The maximum atomic E-state index is 10.3. The minimum atomic E-state index is -0.479. The van der Waals surface area contributed by atoms with Crippen LogP contribution in [0, 0.1) is 11.3 Å². The Balaban J connectivity index is 1.68. The molecule has 0 saturated carbocycles. The van der Waals surface area contributed by atoms with Crippen LogP contribution in [0.2, 0.25) is 0 Å². The van der Waals surface area contributed by atoms with Gasteiger partial charge in [0.05, 0.1) is 11.1 Å². The molecule has 2 aromatic heterocycles. The minimum absolute atomic E-state index is 0.479. The fraction of sp³-hybridized carbons (Fsp3) is 0.0345. The summed E-state index contributed by atoms with van der Waals surface area (Å²) in [6.07, 6.45) is 2.01. The Morgan fingerprint density at radius 1 is 0.636 bits per heavy atom. The van der Waals surface area contributed by atoms with Gasteiger partial charge in [-0.3, -0.25) is 0 Å². The van der Waals surface area contributed by atoms with Crippen LogP contribution in [0.1, 0.15) is 11.6 Å². The van der Waals surface area contributed by atoms with Crippen LogP contribution in [0.3, 0.4) is 0 Å². The third-order valence-electron chi connectivity index (χ3n) is 6.13. The van der Waals surface area contributed by atoms with E-state index in [0.717, 1.165) is 50.5 Å². The van der Waals surface area contributed by atoms with E-state index in [9.17, 15) is 5.26 Å². The van der Waals surface area contributed by atoms with Gasteiger partial charge in [0.25, 0.3) is 6.04 Å². The number of benzene rings is 3. The molecule has 0 fully saturated rings. The molecule has 1 unspecified atom stereocenters. The van der Waals surface area contributed by atoms with E-state index in [0.29, 0.717) is 0 Å². The number of rotatable bonds is 3. The van der Waals surface area contributed by atoms with Crippen LogP contribution < -0.4 is 4.57 Å². The Morgan fingerprint density at radius 2 is 1.18 bits per heavy atom. The molecule has 1 aliphatic heterocycles. The van der Waals surface area contributed by atoms with Gasteiger partial charge < -0.3 is 0 Å². The lowest BCUT2D eigenvalue weighted by Crippen LogP contribution is -2.36. The molecule has 3 heterocycles. The molecule has 1 aliphatic rings. The van der Waals surface area contributed by atoms with E-state index in [1.165, 1.54) is 0 Å². The Hall–Kier alpha value is -4.62. The molecule has 0 aliphatic carbocycles. The molecule has 3 aromatic carbocycles. The number of aromatic nitrogens is 3. The summed E-state index contributed by atoms with van der Waals surface area (Å²) in [6, 6.07) is 36.6. The van der Waals surface area contributed by atoms with E-state index >= 15 is 0 Å². The van der Waals surface area contributed by atoms with E-state index in [-0.39, 0.29) is 0 Å². The molecule has 33 heavy (non-hydrogen) atoms. The van der Waals surface area contributed by atoms with E-state index in [1.54, 1.807) is 0 Å². The number of hydrogen-bond acceptors (Lipinski definition) is 3. The van der Waals surface area contributed by atoms with Crippen LogP contribution in [-0.4, -0.2) is 10.2 Å². The summed E-state index contributed by atoms with van der Waals surface area (Å²) >= 11 is 0. The third-order valence-corrected chi connectivity index (χ3v) is 6.13. The average Bonchev–Trinajstić information content (AvgIpc) is 3.23. The van der Waals surface area contributed by atoms with Gasteiger partial charge in [0, 0.05) is 23.3 Å². The topological polar surface area (TPSA) is 53.5 Å². The maximum absolute atomic E-state index is 10.3. The van der Waals surface area contributed by atoms with Crippen molar-refractivity contribution in [2.45, 2.75) is 6.04 Å². The lowest BCUT2D eigenvalue weighted by Gasteiger charge is -2.10. The molecular weight excluding hydrogens is 404 g/mol. The lowest BCUT2D eigenvalue weighted by atomic mass is 9.94. The predicted molar refractivity (Wildman–Crippen MR) is 128 cm³/mol. The van der Waals surface area contributed by atoms with Gasteiger partial charge in [-0.25, -0.2) is 0 Å². The van der Waals surface area contributed by atoms with Crippen molar-refractivity contribution in [3.05, 3.63) is 115 Å². The zero-order chi connectivity index (χ0) is 22.2. The molecule has 6 rings (SSSR count). The normalized spacial score (nSPS) is 13.7. The molecule has 154 valence electrons. The largest absolute Gasteiger partial charge is 0.272 e. The molecule has 4 heteroatoms. The van der Waals surface area contributed by atoms with E-state index < -0.39 is 6.04 Å². The number of nitriles is 1. The van der Waals surface area contributed by atoms with Crippen molar-refractivity contribution in [3.63, 3.8) is 0 Å². The summed E-state index contributed by atoms with van der Waals surface area (Å²) in [5.74, 6) is 0. The summed E-state index contributed by atoms with van der Waals surface area (Å²) in [6.45, 7) is 0. The third kappa shape index (κ3) is 3.10. The molecule has 0 radical (unpaired) electrons. The second kappa shape index (κ2) is 7.81. The van der Waals surface area contributed by atoms with Crippen LogP contribution in [0.4, 0.5) is 0 Å². The van der Waals surface area contributed by atoms with Crippen molar-refractivity contribution in [1.29, 1.82) is 5.26 Å². The van der Waals surface area contributed by atoms with Crippen molar-refractivity contribution in [1.82, 2.24) is 10.2 Å². The molecule has 5 aromatic rings. The number of hydrogen-bond donors (Lipinski definition) is 0. The van der Waals surface area contributed by atoms with Crippen molar-refractivity contribution < 1.29 is 4.57 Å². The monoisotopic (exact) mass is 423 g/mol. The zero-order valence-corrected chi connectivity index (χ0v) is 17.8. The molecule has 4 nitrogen and oxygen atoms in total. The molecule has 0 saturated heterocycles. The number of pyridine rings is 1. The van der Waals surface area contributed by atoms with Crippen LogP contribution in [0.25, 0.3) is 44.9 Å². The second-order valence-corrected chi connectivity index (χ2v) is 8.02. The smallest absolute Gasteiger partial charge is 0.191 e. The lowest BCUT2D eigenvalue weighted by molar-refractivity contribution is -0.685. The highest BCUT2D eigenvalue weighted by Crippen LogP contribution is 2.44. The first-order valence-corrected chi connectivity index (χ1v) is 10.9. The highest BCUT2D eigenvalue weighted by Gasteiger charge is 2.42. The highest BCUT2D eigenvalue weighted by atomic mass is 15.1. The van der Waals surface area contributed by atoms with Gasteiger partial charge in [-0.1, -0.05) is 91.0 Å². The first kappa shape index (κ1) is 19.1. The molecule has 0 spiro atoms. The summed E-state index contributed by atoms with van der Waals surface area (Å²) in [5.41, 5.74) is 8.57. The minimum Gasteiger partial charge on any atom is -0.191 e. The summed E-state index contributed by atoms with van der Waals surface area (Å²) < 4.78 is 2.04. The van der Waals surface area contributed by atoms with E-state index in [2.05, 4.69) is 35.4 Å². The van der Waals surface area contributed by atoms with Crippen molar-refractivity contribution in [3.8, 4) is 51.0 Å². The molecule has 0 amide bonds. The summed E-state index contributed by atoms with van der Waals surface area (Å²) in [7, 11) is 0. The Morgan fingerprint density at radius 3 is 1.79 bits per heavy atom. The van der Waals surface area contributed by atoms with Gasteiger partial charge in [-0.15, -0.1) is 10.2 Å². The Bertz CT molecular complexity index is 1500. The summed E-state index contributed by atoms with van der Waals surface area (Å²) in [5, 5.41) is 19.6. The average molecular weight is 423 g/mol. The molecule has 0 bridgehead atoms. The van der Waals surface area contributed by atoms with Crippen LogP contribution >= 0.6 is 0 Å². The quantitative estimate of drug-likeness (QED) is 0.342. The van der Waals surface area contributed by atoms with Gasteiger partial charge >= 0.3 is 0 Å². The maximum Gasteiger partial charge on any atom is 0.272 e. The molecule has 0 N–H and O–H groups in total. The Labute approximate surface area is 192 Å². The number of fused-ring (bicyclic) bond motifs is 3. The van der Waals surface area contributed by atoms with Crippen molar-refractivity contribution in [2.24, 2.45) is 0 Å². The number of nitrogens with zero attached hydrogens (tertiary/aromatic N) is 4. The van der Waals surface area contributed by atoms with Crippen LogP contribution in [0.5, 0.6) is 0 Å². The first-order valence-electron chi connectivity index (χ1n) is 10.9. The zero-order valence-electron chi connectivity index (χ0n) is 17.8. The van der Waals surface area contributed by atoms with Crippen LogP contribution in [0.15, 0.2) is 109 Å². The van der Waals surface area contributed by atoms with Gasteiger partial charge in [0.15, 0.2) is 6.20 Å². The SMILES string of the molecule is N#CC1c2c(-c3ccccc3)nnc(-c3ccccc3)c2-c2cc(-c3ccccc3)cc[n+]21. The van der Waals surface area contributed by atoms with Gasteiger partial charge in [-0.05, 0) is 11.1 Å². The molecule has 1 atom stereocenters. The van der Waals surface area contributed by atoms with Crippen molar-refractivity contribution in [2.75, 3.05) is 0 Å². The first-order chi connectivity index (χ1) is 16.3. The fourth-order valence-corrected chi connectivity index (χ4v) is 4.60. The Kier molecular flexibility index (Phi) is 4.52. The second-order valence-electron chi connectivity index (χ2n) is 8.02. The standard InChI is InChI=1S/C29H19N4/c30-19-25-27-26(24-18-23(16-17-33(24)25)20-10-4-1-5-11-20)28(21-12-6-2-7-13-21)31-32-29(27)22-14-8-3-9-15-22/h1-18,25H/q+1. The van der Waals surface area contributed by atoms with Gasteiger partial charge in [-0.2, -0.15) is 9.83 Å². The fourth-order valence-electron chi connectivity index (χ4n) is 4.60. The summed E-state index contributed by atoms with van der Waals surface area (Å²) in [4.78, 5) is 0.